The van der Waals surface area contributed by atoms with Crippen molar-refractivity contribution in [3.05, 3.63) is 63.7 Å². The van der Waals surface area contributed by atoms with Gasteiger partial charge in [-0.05, 0) is 100 Å². The van der Waals surface area contributed by atoms with Gasteiger partial charge in [0.2, 0.25) is 0 Å². The lowest BCUT2D eigenvalue weighted by Crippen LogP contribution is -2.40. The van der Waals surface area contributed by atoms with Crippen LogP contribution in [0.25, 0.3) is 0 Å². The summed E-state index contributed by atoms with van der Waals surface area (Å²) < 4.78 is 5.90. The summed E-state index contributed by atoms with van der Waals surface area (Å²) in [6.07, 6.45) is 2.19. The summed E-state index contributed by atoms with van der Waals surface area (Å²) in [6, 6.07) is 11.8. The van der Waals surface area contributed by atoms with Crippen LogP contribution in [0.5, 0.6) is 0 Å². The second-order valence-corrected chi connectivity index (χ2v) is 11.9. The Hall–Kier alpha value is -2.61. The molecule has 2 aromatic rings. The molecule has 210 valence electrons. The zero-order valence-corrected chi connectivity index (χ0v) is 24.2. The van der Waals surface area contributed by atoms with Gasteiger partial charge in [-0.3, -0.25) is 9.69 Å². The molecule has 2 atom stereocenters. The van der Waals surface area contributed by atoms with Crippen molar-refractivity contribution in [2.24, 2.45) is 11.8 Å². The van der Waals surface area contributed by atoms with E-state index < -0.39 is 0 Å². The molecule has 1 N–H and O–H groups in total. The van der Waals surface area contributed by atoms with Gasteiger partial charge in [0.25, 0.3) is 5.91 Å². The summed E-state index contributed by atoms with van der Waals surface area (Å²) in [5, 5.41) is 3.97. The number of halogens is 1. The van der Waals surface area contributed by atoms with Gasteiger partial charge >= 0.3 is 6.09 Å². The Balaban J connectivity index is 1.15. The SMILES string of the molecule is Cc1ccc(N(CCCN2CC3CN(C(=O)c4c(C)cccc4C)CC3C2)C(=O)OC2CCNCC2)cc1Cl. The lowest BCUT2D eigenvalue weighted by molar-refractivity contribution is 0.0772. The number of likely N-dealkylation sites (tertiary alicyclic amines) is 2. The number of carbonyl (C=O) groups excluding carboxylic acids is 2. The van der Waals surface area contributed by atoms with E-state index in [1.807, 2.05) is 57.2 Å². The number of hydrogen-bond donors (Lipinski definition) is 1. The number of benzene rings is 2. The minimum atomic E-state index is -0.291. The zero-order chi connectivity index (χ0) is 27.5. The molecule has 0 aromatic heterocycles. The molecule has 0 radical (unpaired) electrons. The molecule has 7 nitrogen and oxygen atoms in total. The van der Waals surface area contributed by atoms with Crippen molar-refractivity contribution in [1.29, 1.82) is 0 Å². The van der Waals surface area contributed by atoms with E-state index in [1.165, 1.54) is 0 Å². The van der Waals surface area contributed by atoms with Gasteiger partial charge in [-0.15, -0.1) is 0 Å². The minimum Gasteiger partial charge on any atom is -0.446 e. The number of nitrogens with one attached hydrogen (secondary N) is 1. The zero-order valence-electron chi connectivity index (χ0n) is 23.4. The van der Waals surface area contributed by atoms with Gasteiger partial charge in [-0.1, -0.05) is 35.9 Å². The van der Waals surface area contributed by atoms with E-state index >= 15 is 0 Å². The van der Waals surface area contributed by atoms with Crippen LogP contribution < -0.4 is 10.2 Å². The fraction of sp³-hybridized carbons (Fsp3) is 0.548. The van der Waals surface area contributed by atoms with Crippen LogP contribution in [-0.2, 0) is 4.74 Å². The molecule has 3 saturated heterocycles. The maximum absolute atomic E-state index is 13.3. The molecule has 8 heteroatoms. The molecule has 39 heavy (non-hydrogen) atoms. The van der Waals surface area contributed by atoms with E-state index in [0.29, 0.717) is 23.4 Å². The van der Waals surface area contributed by atoms with Crippen LogP contribution in [0.3, 0.4) is 0 Å². The summed E-state index contributed by atoms with van der Waals surface area (Å²) >= 11 is 6.41. The highest BCUT2D eigenvalue weighted by molar-refractivity contribution is 6.31. The number of piperidine rings is 1. The molecule has 0 saturated carbocycles. The highest BCUT2D eigenvalue weighted by Crippen LogP contribution is 2.33. The number of hydrogen-bond acceptors (Lipinski definition) is 5. The van der Waals surface area contributed by atoms with E-state index in [1.54, 1.807) is 4.90 Å². The molecule has 3 heterocycles. The number of carbonyl (C=O) groups is 2. The number of fused-ring (bicyclic) bond motifs is 1. The van der Waals surface area contributed by atoms with Gasteiger partial charge in [0.05, 0.1) is 0 Å². The van der Waals surface area contributed by atoms with Gasteiger partial charge in [0, 0.05) is 49.0 Å². The van der Waals surface area contributed by atoms with Gasteiger partial charge in [0.1, 0.15) is 6.10 Å². The first-order valence-electron chi connectivity index (χ1n) is 14.3. The van der Waals surface area contributed by atoms with E-state index in [9.17, 15) is 9.59 Å². The smallest absolute Gasteiger partial charge is 0.414 e. The maximum Gasteiger partial charge on any atom is 0.414 e. The standard InChI is InChI=1S/C31H41ClN4O3/c1-21-8-9-26(16-28(21)32)36(31(38)39-27-10-12-33-13-11-27)15-5-14-34-17-24-19-35(20-25(24)18-34)30(37)29-22(2)6-4-7-23(29)3/h4,6-9,16,24-25,27,33H,5,10-15,17-20H2,1-3H3. The van der Waals surface area contributed by atoms with Crippen molar-refractivity contribution in [2.45, 2.75) is 46.1 Å². The predicted molar refractivity (Wildman–Crippen MR) is 156 cm³/mol. The second-order valence-electron chi connectivity index (χ2n) is 11.5. The second kappa shape index (κ2) is 12.3. The first kappa shape index (κ1) is 27.9. The van der Waals surface area contributed by atoms with Gasteiger partial charge in [-0.2, -0.15) is 0 Å². The molecule has 0 spiro atoms. The highest BCUT2D eigenvalue weighted by Gasteiger charge is 2.41. The van der Waals surface area contributed by atoms with Crippen molar-refractivity contribution in [1.82, 2.24) is 15.1 Å². The number of nitrogens with zero attached hydrogens (tertiary/aromatic N) is 3. The molecule has 3 fully saturated rings. The van der Waals surface area contributed by atoms with E-state index in [0.717, 1.165) is 93.0 Å². The van der Waals surface area contributed by atoms with Crippen LogP contribution >= 0.6 is 11.6 Å². The normalized spacial score (nSPS) is 21.7. The number of aryl methyl sites for hydroxylation is 3. The predicted octanol–water partition coefficient (Wildman–Crippen LogP) is 5.05. The van der Waals surface area contributed by atoms with E-state index in [4.69, 9.17) is 16.3 Å². The molecular formula is C31H41ClN4O3. The Morgan fingerprint density at radius 1 is 0.974 bits per heavy atom. The summed E-state index contributed by atoms with van der Waals surface area (Å²) in [4.78, 5) is 32.8. The van der Waals surface area contributed by atoms with Crippen molar-refractivity contribution in [3.63, 3.8) is 0 Å². The third-order valence-electron chi connectivity index (χ3n) is 8.64. The Kier molecular flexibility index (Phi) is 8.79. The molecule has 2 aromatic carbocycles. The number of anilines is 1. The summed E-state index contributed by atoms with van der Waals surface area (Å²) in [5.41, 5.74) is 4.74. The molecule has 0 bridgehead atoms. The van der Waals surface area contributed by atoms with Crippen LogP contribution in [0.4, 0.5) is 10.5 Å². The summed E-state index contributed by atoms with van der Waals surface area (Å²) in [5.74, 6) is 1.19. The van der Waals surface area contributed by atoms with Crippen LogP contribution in [0.15, 0.2) is 36.4 Å². The lowest BCUT2D eigenvalue weighted by atomic mass is 10.0. The average molecular weight is 553 g/mol. The van der Waals surface area contributed by atoms with Crippen molar-refractivity contribution >= 4 is 29.3 Å². The quantitative estimate of drug-likeness (QED) is 0.520. The molecule has 3 aliphatic rings. The Morgan fingerprint density at radius 3 is 2.28 bits per heavy atom. The molecular weight excluding hydrogens is 512 g/mol. The molecule has 0 aliphatic carbocycles. The van der Waals surface area contributed by atoms with Crippen LogP contribution in [0.1, 0.15) is 46.3 Å². The Bertz CT molecular complexity index is 1160. The Labute approximate surface area is 237 Å². The minimum absolute atomic E-state index is 0.0470. The van der Waals surface area contributed by atoms with Crippen molar-refractivity contribution < 1.29 is 14.3 Å². The number of ether oxygens (including phenoxy) is 1. The largest absolute Gasteiger partial charge is 0.446 e. The average Bonchev–Trinajstić information content (AvgIpc) is 3.48. The van der Waals surface area contributed by atoms with Gasteiger partial charge < -0.3 is 19.9 Å². The van der Waals surface area contributed by atoms with Gasteiger partial charge in [0.15, 0.2) is 0 Å². The first-order chi connectivity index (χ1) is 18.8. The fourth-order valence-electron chi connectivity index (χ4n) is 6.40. The fourth-order valence-corrected chi connectivity index (χ4v) is 6.57. The number of amides is 2. The molecule has 3 aliphatic heterocycles. The third-order valence-corrected chi connectivity index (χ3v) is 9.05. The first-order valence-corrected chi connectivity index (χ1v) is 14.7. The summed E-state index contributed by atoms with van der Waals surface area (Å²) in [7, 11) is 0. The van der Waals surface area contributed by atoms with E-state index in [-0.39, 0.29) is 18.1 Å². The number of rotatable bonds is 7. The van der Waals surface area contributed by atoms with Gasteiger partial charge in [-0.25, -0.2) is 4.79 Å². The topological polar surface area (TPSA) is 65.1 Å². The third kappa shape index (κ3) is 6.42. The highest BCUT2D eigenvalue weighted by atomic mass is 35.5. The van der Waals surface area contributed by atoms with Crippen molar-refractivity contribution in [2.75, 3.05) is 57.3 Å². The molecule has 2 amide bonds. The summed E-state index contributed by atoms with van der Waals surface area (Å²) in [6.45, 7) is 12.9. The molecule has 2 unspecified atom stereocenters. The monoisotopic (exact) mass is 552 g/mol. The van der Waals surface area contributed by atoms with Crippen LogP contribution in [0, 0.1) is 32.6 Å². The van der Waals surface area contributed by atoms with Crippen LogP contribution in [0.2, 0.25) is 5.02 Å². The molecule has 5 rings (SSSR count). The Morgan fingerprint density at radius 2 is 1.64 bits per heavy atom. The lowest BCUT2D eigenvalue weighted by Gasteiger charge is -2.29. The van der Waals surface area contributed by atoms with Crippen molar-refractivity contribution in [3.8, 4) is 0 Å². The van der Waals surface area contributed by atoms with Crippen LogP contribution in [-0.4, -0.2) is 80.3 Å². The van der Waals surface area contributed by atoms with E-state index in [2.05, 4.69) is 15.1 Å². The maximum atomic E-state index is 13.3.